The van der Waals surface area contributed by atoms with E-state index in [1.54, 1.807) is 16.4 Å². The van der Waals surface area contributed by atoms with E-state index in [4.69, 9.17) is 9.57 Å². The fourth-order valence-electron chi connectivity index (χ4n) is 4.59. The Kier molecular flexibility index (Phi) is 7.94. The van der Waals surface area contributed by atoms with Gasteiger partial charge in [-0.05, 0) is 54.5 Å². The molecule has 1 amide bonds. The van der Waals surface area contributed by atoms with Gasteiger partial charge in [0.15, 0.2) is 6.29 Å². The van der Waals surface area contributed by atoms with Gasteiger partial charge in [0, 0.05) is 45.1 Å². The molecule has 11 heteroatoms. The number of amides is 1. The largest absolute Gasteiger partial charge is 0.354 e. The van der Waals surface area contributed by atoms with Crippen LogP contribution in [0.5, 0.6) is 0 Å². The van der Waals surface area contributed by atoms with Crippen molar-refractivity contribution in [3.63, 3.8) is 0 Å². The predicted molar refractivity (Wildman–Crippen MR) is 138 cm³/mol. The van der Waals surface area contributed by atoms with E-state index in [0.29, 0.717) is 43.0 Å². The fraction of sp³-hybridized carbons (Fsp3) is 0.423. The van der Waals surface area contributed by atoms with Crippen molar-refractivity contribution in [2.45, 2.75) is 43.3 Å². The summed E-state index contributed by atoms with van der Waals surface area (Å²) in [6.07, 6.45) is 6.68. The summed E-state index contributed by atoms with van der Waals surface area (Å²) in [7, 11) is -3.54. The van der Waals surface area contributed by atoms with Crippen LogP contribution in [-0.2, 0) is 19.6 Å². The molecule has 0 radical (unpaired) electrons. The topological polar surface area (TPSA) is 123 Å². The Morgan fingerprint density at radius 2 is 1.78 bits per heavy atom. The van der Waals surface area contributed by atoms with Crippen LogP contribution < -0.4 is 10.8 Å². The number of carbonyl (C=O) groups is 1. The maximum atomic E-state index is 13.2. The molecule has 2 aromatic carbocycles. The molecule has 2 saturated heterocycles. The Bertz CT molecular complexity index is 1320. The molecular formula is C26H31N5O5S. The van der Waals surface area contributed by atoms with Crippen molar-refractivity contribution in [1.82, 2.24) is 19.8 Å². The van der Waals surface area contributed by atoms with Crippen molar-refractivity contribution in [2.24, 2.45) is 5.92 Å². The van der Waals surface area contributed by atoms with Crippen molar-refractivity contribution in [3.8, 4) is 0 Å². The lowest BCUT2D eigenvalue weighted by Crippen LogP contribution is -2.39. The third-order valence-electron chi connectivity index (χ3n) is 6.82. The average molecular weight is 526 g/mol. The highest BCUT2D eigenvalue weighted by Gasteiger charge is 2.29. The minimum Gasteiger partial charge on any atom is -0.354 e. The molecule has 10 nitrogen and oxygen atoms in total. The Morgan fingerprint density at radius 3 is 2.51 bits per heavy atom. The van der Waals surface area contributed by atoms with Crippen molar-refractivity contribution >= 4 is 32.7 Å². The number of aromatic nitrogens is 2. The first-order chi connectivity index (χ1) is 18.0. The van der Waals surface area contributed by atoms with Gasteiger partial charge in [-0.1, -0.05) is 30.3 Å². The predicted octanol–water partition coefficient (Wildman–Crippen LogP) is 3.33. The van der Waals surface area contributed by atoms with Gasteiger partial charge in [-0.3, -0.25) is 4.79 Å². The monoisotopic (exact) mass is 525 g/mol. The second kappa shape index (κ2) is 11.5. The second-order valence-electron chi connectivity index (χ2n) is 9.38. The smallest absolute Gasteiger partial charge is 0.278 e. The van der Waals surface area contributed by atoms with Crippen LogP contribution in [0.15, 0.2) is 59.8 Å². The molecule has 196 valence electrons. The van der Waals surface area contributed by atoms with Crippen LogP contribution in [0.25, 0.3) is 10.8 Å². The van der Waals surface area contributed by atoms with Gasteiger partial charge >= 0.3 is 0 Å². The summed E-state index contributed by atoms with van der Waals surface area (Å²) in [6, 6.07) is 13.0. The lowest BCUT2D eigenvalue weighted by Gasteiger charge is -2.31. The molecule has 5 rings (SSSR count). The molecule has 2 fully saturated rings. The molecule has 2 N–H and O–H groups in total. The molecule has 37 heavy (non-hydrogen) atoms. The van der Waals surface area contributed by atoms with Crippen LogP contribution in [-0.4, -0.2) is 61.1 Å². The first-order valence-electron chi connectivity index (χ1n) is 12.6. The van der Waals surface area contributed by atoms with Crippen LogP contribution in [0.4, 0.5) is 5.95 Å². The van der Waals surface area contributed by atoms with Gasteiger partial charge in [-0.25, -0.2) is 28.7 Å². The Hall–Kier alpha value is -3.12. The molecule has 0 spiro atoms. The van der Waals surface area contributed by atoms with Crippen molar-refractivity contribution in [2.75, 3.05) is 31.6 Å². The summed E-state index contributed by atoms with van der Waals surface area (Å²) in [5.41, 5.74) is 2.68. The number of rotatable bonds is 8. The van der Waals surface area contributed by atoms with E-state index in [0.717, 1.165) is 42.9 Å². The van der Waals surface area contributed by atoms with Gasteiger partial charge in [0.05, 0.1) is 10.5 Å². The minimum atomic E-state index is -3.54. The number of sulfonamides is 1. The SMILES string of the molecule is O=C(NOC1CCCCO1)c1cnc(NCC2CCN(S(=O)(=O)c3ccc4ccccc4c3)CC2)nc1. The number of hydrogen-bond donors (Lipinski definition) is 2. The molecule has 1 unspecified atom stereocenters. The van der Waals surface area contributed by atoms with E-state index in [-0.39, 0.29) is 5.56 Å². The third kappa shape index (κ3) is 6.24. The number of anilines is 1. The summed E-state index contributed by atoms with van der Waals surface area (Å²) < 4.78 is 33.4. The van der Waals surface area contributed by atoms with E-state index in [1.165, 1.54) is 12.4 Å². The fourth-order valence-corrected chi connectivity index (χ4v) is 6.09. The number of hydrogen-bond acceptors (Lipinski definition) is 8. The van der Waals surface area contributed by atoms with E-state index < -0.39 is 22.2 Å². The molecule has 1 aromatic heterocycles. The van der Waals surface area contributed by atoms with E-state index in [1.807, 2.05) is 30.3 Å². The molecule has 2 aliphatic rings. The van der Waals surface area contributed by atoms with Gasteiger partial charge in [0.2, 0.25) is 16.0 Å². The minimum absolute atomic E-state index is 0.286. The van der Waals surface area contributed by atoms with Gasteiger partial charge in [-0.15, -0.1) is 0 Å². The number of benzene rings is 2. The van der Waals surface area contributed by atoms with Gasteiger partial charge in [0.25, 0.3) is 5.91 Å². The van der Waals surface area contributed by atoms with E-state index >= 15 is 0 Å². The van der Waals surface area contributed by atoms with Crippen LogP contribution >= 0.6 is 0 Å². The Morgan fingerprint density at radius 1 is 1.03 bits per heavy atom. The first kappa shape index (κ1) is 25.5. The second-order valence-corrected chi connectivity index (χ2v) is 11.3. The van der Waals surface area contributed by atoms with E-state index in [2.05, 4.69) is 20.8 Å². The number of carbonyl (C=O) groups excluding carboxylic acids is 1. The number of piperidine rings is 1. The summed E-state index contributed by atoms with van der Waals surface area (Å²) in [5.74, 6) is 0.276. The third-order valence-corrected chi connectivity index (χ3v) is 8.71. The molecule has 0 saturated carbocycles. The average Bonchev–Trinajstić information content (AvgIpc) is 2.95. The maximum Gasteiger partial charge on any atom is 0.278 e. The van der Waals surface area contributed by atoms with E-state index in [9.17, 15) is 13.2 Å². The van der Waals surface area contributed by atoms with Crippen molar-refractivity contribution in [3.05, 3.63) is 60.4 Å². The van der Waals surface area contributed by atoms with Gasteiger partial charge in [0.1, 0.15) is 0 Å². The number of nitrogens with zero attached hydrogens (tertiary/aromatic N) is 3. The van der Waals surface area contributed by atoms with Crippen LogP contribution in [0, 0.1) is 5.92 Å². The van der Waals surface area contributed by atoms with Crippen LogP contribution in [0.3, 0.4) is 0 Å². The zero-order valence-corrected chi connectivity index (χ0v) is 21.3. The molecule has 3 heterocycles. The molecule has 0 bridgehead atoms. The molecule has 1 atom stereocenters. The summed E-state index contributed by atoms with van der Waals surface area (Å²) in [5, 5.41) is 5.13. The summed E-state index contributed by atoms with van der Waals surface area (Å²) in [6.45, 7) is 2.18. The number of hydroxylamine groups is 1. The highest BCUT2D eigenvalue weighted by Crippen LogP contribution is 2.26. The number of fused-ring (bicyclic) bond motifs is 1. The first-order valence-corrected chi connectivity index (χ1v) is 14.1. The molecule has 3 aromatic rings. The molecular weight excluding hydrogens is 494 g/mol. The number of ether oxygens (including phenoxy) is 1. The lowest BCUT2D eigenvalue weighted by molar-refractivity contribution is -0.186. The summed E-state index contributed by atoms with van der Waals surface area (Å²) >= 11 is 0. The van der Waals surface area contributed by atoms with Crippen LogP contribution in [0.2, 0.25) is 0 Å². The maximum absolute atomic E-state index is 13.2. The standard InChI is InChI=1S/C26H31N5O5S/c32-25(30-36-24-7-3-4-14-35-24)22-17-28-26(29-18-22)27-16-19-10-12-31(13-11-19)37(33,34)23-9-8-20-5-1-2-6-21(20)15-23/h1-2,5-6,8-9,15,17-19,24H,3-4,7,10-14,16H2,(H,30,32)(H,27,28,29). The highest BCUT2D eigenvalue weighted by atomic mass is 32.2. The highest BCUT2D eigenvalue weighted by molar-refractivity contribution is 7.89. The Labute approximate surface area is 216 Å². The van der Waals surface area contributed by atoms with Gasteiger partial charge < -0.3 is 10.1 Å². The molecule has 0 aliphatic carbocycles. The molecule has 2 aliphatic heterocycles. The summed E-state index contributed by atoms with van der Waals surface area (Å²) in [4.78, 5) is 26.3. The van der Waals surface area contributed by atoms with Gasteiger partial charge in [-0.2, -0.15) is 4.31 Å². The normalized spacial score (nSPS) is 19.5. The van der Waals surface area contributed by atoms with Crippen molar-refractivity contribution in [1.29, 1.82) is 0 Å². The van der Waals surface area contributed by atoms with Crippen LogP contribution in [0.1, 0.15) is 42.5 Å². The van der Waals surface area contributed by atoms with Crippen molar-refractivity contribution < 1.29 is 22.8 Å². The zero-order valence-electron chi connectivity index (χ0n) is 20.5. The zero-order chi connectivity index (χ0) is 25.7. The Balaban J connectivity index is 1.08. The lowest BCUT2D eigenvalue weighted by atomic mass is 9.98. The number of nitrogens with one attached hydrogen (secondary N) is 2. The quantitative estimate of drug-likeness (QED) is 0.430.